The second-order valence-electron chi connectivity index (χ2n) is 6.27. The maximum Gasteiger partial charge on any atom is 0.182 e. The number of tetrazole rings is 1. The molecule has 1 aliphatic carbocycles. The molecule has 1 aromatic heterocycles. The van der Waals surface area contributed by atoms with Gasteiger partial charge in [-0.3, -0.25) is 0 Å². The predicted molar refractivity (Wildman–Crippen MR) is 78.8 cm³/mol. The van der Waals surface area contributed by atoms with Crippen molar-refractivity contribution in [3.05, 3.63) is 24.0 Å². The first-order chi connectivity index (χ1) is 10.1. The molecule has 112 valence electrons. The molecule has 5 nitrogen and oxygen atoms in total. The Labute approximate surface area is 123 Å². The van der Waals surface area contributed by atoms with Crippen LogP contribution in [0, 0.1) is 11.2 Å². The molecule has 2 aromatic rings. The van der Waals surface area contributed by atoms with E-state index in [1.807, 2.05) is 0 Å². The van der Waals surface area contributed by atoms with Gasteiger partial charge < -0.3 is 5.73 Å². The molecule has 0 unspecified atom stereocenters. The summed E-state index contributed by atoms with van der Waals surface area (Å²) >= 11 is 0. The summed E-state index contributed by atoms with van der Waals surface area (Å²) in [5.74, 6) is 0.159. The van der Waals surface area contributed by atoms with E-state index < -0.39 is 5.82 Å². The topological polar surface area (TPSA) is 69.6 Å². The quantitative estimate of drug-likeness (QED) is 0.882. The predicted octanol–water partition coefficient (Wildman–Crippen LogP) is 3.03. The number of rotatable bonds is 3. The van der Waals surface area contributed by atoms with E-state index in [-0.39, 0.29) is 11.1 Å². The maximum atomic E-state index is 13.6. The Kier molecular flexibility index (Phi) is 3.61. The van der Waals surface area contributed by atoms with Gasteiger partial charge in [-0.25, -0.2) is 9.07 Å². The Morgan fingerprint density at radius 3 is 2.76 bits per heavy atom. The number of nitrogens with zero attached hydrogens (tertiary/aromatic N) is 4. The zero-order valence-electron chi connectivity index (χ0n) is 12.2. The highest BCUT2D eigenvalue weighted by Gasteiger charge is 2.29. The number of halogens is 1. The summed E-state index contributed by atoms with van der Waals surface area (Å²) < 4.78 is 15.4. The average Bonchev–Trinajstić information content (AvgIpc) is 2.90. The van der Waals surface area contributed by atoms with Crippen molar-refractivity contribution in [3.8, 4) is 11.4 Å². The molecule has 0 amide bonds. The molecule has 1 heterocycles. The van der Waals surface area contributed by atoms with E-state index in [1.54, 1.807) is 16.8 Å². The second kappa shape index (κ2) is 5.42. The van der Waals surface area contributed by atoms with Gasteiger partial charge in [-0.05, 0) is 46.9 Å². The number of benzene rings is 1. The zero-order valence-corrected chi connectivity index (χ0v) is 12.2. The number of nitrogen functional groups attached to an aromatic ring is 1. The molecule has 3 rings (SSSR count). The SMILES string of the molecule is CC1(Cn2nnnc2-c2ccc(N)c(F)c2)CCCCC1. The van der Waals surface area contributed by atoms with Gasteiger partial charge in [0.1, 0.15) is 5.82 Å². The molecule has 1 saturated carbocycles. The Hall–Kier alpha value is -1.98. The summed E-state index contributed by atoms with van der Waals surface area (Å²) in [7, 11) is 0. The summed E-state index contributed by atoms with van der Waals surface area (Å²) in [6, 6.07) is 4.69. The van der Waals surface area contributed by atoms with E-state index in [0.717, 1.165) is 6.54 Å². The Morgan fingerprint density at radius 1 is 1.29 bits per heavy atom. The van der Waals surface area contributed by atoms with Gasteiger partial charge in [0, 0.05) is 5.56 Å². The third-order valence-electron chi connectivity index (χ3n) is 4.38. The van der Waals surface area contributed by atoms with Gasteiger partial charge in [-0.15, -0.1) is 5.10 Å². The van der Waals surface area contributed by atoms with Crippen LogP contribution >= 0.6 is 0 Å². The second-order valence-corrected chi connectivity index (χ2v) is 6.27. The number of hydrogen-bond acceptors (Lipinski definition) is 4. The summed E-state index contributed by atoms with van der Waals surface area (Å²) in [6.45, 7) is 3.04. The van der Waals surface area contributed by atoms with Crippen molar-refractivity contribution in [3.63, 3.8) is 0 Å². The molecule has 0 saturated heterocycles. The lowest BCUT2D eigenvalue weighted by molar-refractivity contribution is 0.175. The van der Waals surface area contributed by atoms with E-state index >= 15 is 0 Å². The van der Waals surface area contributed by atoms with Crippen LogP contribution < -0.4 is 5.73 Å². The van der Waals surface area contributed by atoms with E-state index in [0.29, 0.717) is 11.4 Å². The number of nitrogens with two attached hydrogens (primary N) is 1. The Bertz CT molecular complexity index is 631. The van der Waals surface area contributed by atoms with Gasteiger partial charge in [0.25, 0.3) is 0 Å². The molecule has 6 heteroatoms. The summed E-state index contributed by atoms with van der Waals surface area (Å²) in [5, 5.41) is 11.9. The minimum atomic E-state index is -0.439. The van der Waals surface area contributed by atoms with Crippen LogP contribution in [0.15, 0.2) is 18.2 Å². The number of hydrogen-bond donors (Lipinski definition) is 1. The van der Waals surface area contributed by atoms with Gasteiger partial charge in [0.15, 0.2) is 5.82 Å². The molecular formula is C15H20FN5. The molecule has 1 aromatic carbocycles. The normalized spacial score (nSPS) is 17.8. The molecule has 0 radical (unpaired) electrons. The van der Waals surface area contributed by atoms with E-state index in [9.17, 15) is 4.39 Å². The summed E-state index contributed by atoms with van der Waals surface area (Å²) in [6.07, 6.45) is 6.18. The number of anilines is 1. The average molecular weight is 289 g/mol. The fourth-order valence-electron chi connectivity index (χ4n) is 3.11. The fourth-order valence-corrected chi connectivity index (χ4v) is 3.11. The van der Waals surface area contributed by atoms with Crippen LogP contribution in [0.2, 0.25) is 0 Å². The van der Waals surface area contributed by atoms with Gasteiger partial charge in [-0.1, -0.05) is 26.2 Å². The Morgan fingerprint density at radius 2 is 2.05 bits per heavy atom. The van der Waals surface area contributed by atoms with E-state index in [1.165, 1.54) is 38.2 Å². The van der Waals surface area contributed by atoms with Crippen LogP contribution in [0.1, 0.15) is 39.0 Å². The molecule has 0 bridgehead atoms. The van der Waals surface area contributed by atoms with Crippen molar-refractivity contribution >= 4 is 5.69 Å². The van der Waals surface area contributed by atoms with Crippen molar-refractivity contribution < 1.29 is 4.39 Å². The standard InChI is InChI=1S/C15H20FN5/c1-15(7-3-2-4-8-15)10-21-14(18-19-20-21)11-5-6-13(17)12(16)9-11/h5-6,9H,2-4,7-8,10,17H2,1H3. The van der Waals surface area contributed by atoms with Crippen LogP contribution in [0.5, 0.6) is 0 Å². The van der Waals surface area contributed by atoms with Crippen molar-refractivity contribution in [2.24, 2.45) is 5.41 Å². The van der Waals surface area contributed by atoms with Crippen LogP contribution in [0.25, 0.3) is 11.4 Å². The van der Waals surface area contributed by atoms with E-state index in [4.69, 9.17) is 5.73 Å². The first kappa shape index (κ1) is 14.0. The third kappa shape index (κ3) is 2.89. The lowest BCUT2D eigenvalue weighted by Crippen LogP contribution is -2.27. The summed E-state index contributed by atoms with van der Waals surface area (Å²) in [5.41, 5.74) is 6.53. The van der Waals surface area contributed by atoms with Gasteiger partial charge >= 0.3 is 0 Å². The first-order valence-corrected chi connectivity index (χ1v) is 7.39. The van der Waals surface area contributed by atoms with Crippen LogP contribution in [0.4, 0.5) is 10.1 Å². The molecular weight excluding hydrogens is 269 g/mol. The first-order valence-electron chi connectivity index (χ1n) is 7.39. The number of aromatic nitrogens is 4. The zero-order chi connectivity index (χ0) is 14.9. The smallest absolute Gasteiger partial charge is 0.182 e. The minimum Gasteiger partial charge on any atom is -0.396 e. The molecule has 0 atom stereocenters. The highest BCUT2D eigenvalue weighted by atomic mass is 19.1. The van der Waals surface area contributed by atoms with Gasteiger partial charge in [-0.2, -0.15) is 0 Å². The van der Waals surface area contributed by atoms with E-state index in [2.05, 4.69) is 22.4 Å². The summed E-state index contributed by atoms with van der Waals surface area (Å²) in [4.78, 5) is 0. The van der Waals surface area contributed by atoms with Crippen molar-refractivity contribution in [1.82, 2.24) is 20.2 Å². The molecule has 0 aliphatic heterocycles. The molecule has 1 aliphatic rings. The minimum absolute atomic E-state index is 0.136. The lowest BCUT2D eigenvalue weighted by atomic mass is 9.76. The molecule has 21 heavy (non-hydrogen) atoms. The highest BCUT2D eigenvalue weighted by Crippen LogP contribution is 2.37. The van der Waals surface area contributed by atoms with Crippen molar-refractivity contribution in [1.29, 1.82) is 0 Å². The van der Waals surface area contributed by atoms with Crippen LogP contribution in [0.3, 0.4) is 0 Å². The maximum absolute atomic E-state index is 13.6. The molecule has 1 fully saturated rings. The Balaban J connectivity index is 1.88. The fraction of sp³-hybridized carbons (Fsp3) is 0.533. The van der Waals surface area contributed by atoms with Crippen molar-refractivity contribution in [2.75, 3.05) is 5.73 Å². The largest absolute Gasteiger partial charge is 0.396 e. The third-order valence-corrected chi connectivity index (χ3v) is 4.38. The lowest BCUT2D eigenvalue weighted by Gasteiger charge is -2.33. The van der Waals surface area contributed by atoms with Gasteiger partial charge in [0.2, 0.25) is 0 Å². The van der Waals surface area contributed by atoms with Crippen LogP contribution in [-0.2, 0) is 6.54 Å². The molecule has 2 N–H and O–H groups in total. The van der Waals surface area contributed by atoms with Crippen LogP contribution in [-0.4, -0.2) is 20.2 Å². The monoisotopic (exact) mass is 289 g/mol. The molecule has 0 spiro atoms. The van der Waals surface area contributed by atoms with Crippen molar-refractivity contribution in [2.45, 2.75) is 45.6 Å². The van der Waals surface area contributed by atoms with Gasteiger partial charge in [0.05, 0.1) is 12.2 Å². The highest BCUT2D eigenvalue weighted by molar-refractivity contribution is 5.59.